The van der Waals surface area contributed by atoms with Crippen molar-refractivity contribution in [2.45, 2.75) is 12.8 Å². The molecule has 49 heavy (non-hydrogen) atoms. The van der Waals surface area contributed by atoms with Crippen LogP contribution in [0.1, 0.15) is 23.2 Å². The van der Waals surface area contributed by atoms with Crippen molar-refractivity contribution in [3.63, 3.8) is 0 Å². The van der Waals surface area contributed by atoms with Crippen molar-refractivity contribution in [3.05, 3.63) is 70.3 Å². The largest absolute Gasteiger partial charge is 0.456 e. The minimum atomic E-state index is -0.611. The van der Waals surface area contributed by atoms with E-state index in [1.807, 2.05) is 36.4 Å². The molecule has 5 heterocycles. The maximum absolute atomic E-state index is 16.0. The predicted molar refractivity (Wildman–Crippen MR) is 188 cm³/mol. The second-order valence-electron chi connectivity index (χ2n) is 13.2. The SMILES string of the molecule is CN1CCN(CCCNC(=O)c2cn3c4c(c(NCCCN5CCOCC5)c(F)cc4c2=O)Oc2cc4c(cc2-3)oc2ccccc24)CC1. The van der Waals surface area contributed by atoms with Crippen LogP contribution in [0.4, 0.5) is 10.1 Å². The molecule has 2 fully saturated rings. The Hall–Kier alpha value is -4.49. The monoisotopic (exact) mass is 668 g/mol. The number of ether oxygens (including phenoxy) is 2. The number of nitrogens with one attached hydrogen (secondary N) is 2. The number of morpholine rings is 1. The summed E-state index contributed by atoms with van der Waals surface area (Å²) in [5, 5.41) is 8.05. The number of carbonyl (C=O) groups excluding carboxylic acids is 1. The number of para-hydroxylation sites is 1. The summed E-state index contributed by atoms with van der Waals surface area (Å²) in [4.78, 5) is 34.5. The first-order chi connectivity index (χ1) is 23.9. The molecule has 256 valence electrons. The third-order valence-electron chi connectivity index (χ3n) is 9.96. The number of fused-ring (bicyclic) bond motifs is 5. The number of likely N-dealkylation sites (N-methyl/N-ethyl adjacent to an activating group) is 1. The van der Waals surface area contributed by atoms with E-state index < -0.39 is 17.2 Å². The molecule has 0 radical (unpaired) electrons. The number of benzene rings is 3. The van der Waals surface area contributed by atoms with E-state index in [4.69, 9.17) is 13.9 Å². The number of pyridine rings is 1. The van der Waals surface area contributed by atoms with Crippen LogP contribution in [0.5, 0.6) is 11.5 Å². The van der Waals surface area contributed by atoms with Gasteiger partial charge in [-0.05, 0) is 51.2 Å². The lowest BCUT2D eigenvalue weighted by molar-refractivity contribution is 0.0378. The Morgan fingerprint density at radius 3 is 2.45 bits per heavy atom. The van der Waals surface area contributed by atoms with Gasteiger partial charge in [0.1, 0.15) is 27.9 Å². The summed E-state index contributed by atoms with van der Waals surface area (Å²) in [6.45, 7) is 9.90. The molecule has 5 aromatic rings. The van der Waals surface area contributed by atoms with Crippen LogP contribution >= 0.6 is 0 Å². The van der Waals surface area contributed by atoms with E-state index in [0.717, 1.165) is 94.8 Å². The van der Waals surface area contributed by atoms with Crippen LogP contribution < -0.4 is 20.8 Å². The van der Waals surface area contributed by atoms with Gasteiger partial charge in [-0.1, -0.05) is 18.2 Å². The zero-order valence-electron chi connectivity index (χ0n) is 27.7. The zero-order chi connectivity index (χ0) is 33.5. The number of amides is 1. The number of anilines is 1. The fraction of sp³-hybridized carbons (Fsp3) is 0.405. The van der Waals surface area contributed by atoms with E-state index in [2.05, 4.69) is 32.4 Å². The maximum atomic E-state index is 16.0. The van der Waals surface area contributed by atoms with Crippen LogP contribution in [0.25, 0.3) is 38.5 Å². The van der Waals surface area contributed by atoms with Gasteiger partial charge in [0.2, 0.25) is 5.43 Å². The minimum Gasteiger partial charge on any atom is -0.456 e. The van der Waals surface area contributed by atoms with Crippen LogP contribution in [-0.2, 0) is 4.74 Å². The van der Waals surface area contributed by atoms with Gasteiger partial charge < -0.3 is 38.9 Å². The Labute approximate surface area is 283 Å². The molecule has 3 aliphatic heterocycles. The van der Waals surface area contributed by atoms with Gasteiger partial charge in [0.25, 0.3) is 5.91 Å². The molecule has 0 bridgehead atoms. The van der Waals surface area contributed by atoms with Crippen molar-refractivity contribution in [2.75, 3.05) is 91.0 Å². The number of rotatable bonds is 10. The number of nitrogens with zero attached hydrogens (tertiary/aromatic N) is 4. The minimum absolute atomic E-state index is 0.0544. The molecule has 0 spiro atoms. The fourth-order valence-corrected chi connectivity index (χ4v) is 7.17. The van der Waals surface area contributed by atoms with E-state index in [1.54, 1.807) is 10.8 Å². The lowest BCUT2D eigenvalue weighted by Crippen LogP contribution is -2.45. The normalized spacial score (nSPS) is 17.0. The average molecular weight is 669 g/mol. The third kappa shape index (κ3) is 6.14. The second kappa shape index (κ2) is 13.4. The van der Waals surface area contributed by atoms with Gasteiger partial charge in [0.15, 0.2) is 17.3 Å². The summed E-state index contributed by atoms with van der Waals surface area (Å²) in [7, 11) is 2.12. The predicted octanol–water partition coefficient (Wildman–Crippen LogP) is 4.64. The van der Waals surface area contributed by atoms with Gasteiger partial charge in [-0.3, -0.25) is 14.5 Å². The van der Waals surface area contributed by atoms with E-state index in [1.165, 1.54) is 6.07 Å². The Kier molecular flexibility index (Phi) is 8.71. The molecule has 0 aliphatic carbocycles. The third-order valence-corrected chi connectivity index (χ3v) is 9.96. The lowest BCUT2D eigenvalue weighted by atomic mass is 10.0. The first-order valence-electron chi connectivity index (χ1n) is 17.2. The van der Waals surface area contributed by atoms with Crippen LogP contribution in [0, 0.1) is 5.82 Å². The molecular formula is C37H41FN6O5. The van der Waals surface area contributed by atoms with Crippen molar-refractivity contribution < 1.29 is 23.1 Å². The number of hydrogen-bond acceptors (Lipinski definition) is 9. The molecule has 0 atom stereocenters. The number of furan rings is 1. The standard InChI is InChI=1S/C37H41FN6O5/c1-41-12-14-42(15-13-41)10-5-9-40-37(46)27-23-44-29-22-31-25(24-6-2-3-7-30(24)48-31)21-32(29)49-36-33(28(38)20-26(34(36)44)35(27)45)39-8-4-11-43-16-18-47-19-17-43/h2-3,6-7,20-23,39H,4-5,8-19H2,1H3,(H,40,46). The number of hydrogen-bond donors (Lipinski definition) is 2. The van der Waals surface area contributed by atoms with Crippen LogP contribution in [0.15, 0.2) is 57.9 Å². The average Bonchev–Trinajstić information content (AvgIpc) is 3.48. The topological polar surface area (TPSA) is 104 Å². The van der Waals surface area contributed by atoms with Crippen molar-refractivity contribution in [1.29, 1.82) is 0 Å². The molecule has 2 N–H and O–H groups in total. The number of aromatic nitrogens is 1. The molecular weight excluding hydrogens is 627 g/mol. The van der Waals surface area contributed by atoms with Gasteiger partial charge in [0.05, 0.1) is 24.3 Å². The van der Waals surface area contributed by atoms with Gasteiger partial charge in [0, 0.05) is 75.4 Å². The molecule has 0 unspecified atom stereocenters. The van der Waals surface area contributed by atoms with E-state index in [0.29, 0.717) is 35.6 Å². The summed E-state index contributed by atoms with van der Waals surface area (Å²) in [6, 6.07) is 12.7. The highest BCUT2D eigenvalue weighted by Crippen LogP contribution is 2.47. The lowest BCUT2D eigenvalue weighted by Gasteiger charge is -2.32. The van der Waals surface area contributed by atoms with Crippen LogP contribution in [0.2, 0.25) is 0 Å². The number of piperazine rings is 1. The first-order valence-corrected chi connectivity index (χ1v) is 17.2. The van der Waals surface area contributed by atoms with Crippen molar-refractivity contribution in [3.8, 4) is 17.2 Å². The number of halogens is 1. The van der Waals surface area contributed by atoms with Crippen molar-refractivity contribution in [2.24, 2.45) is 0 Å². The molecule has 2 saturated heterocycles. The van der Waals surface area contributed by atoms with Gasteiger partial charge >= 0.3 is 0 Å². The molecule has 1 amide bonds. The van der Waals surface area contributed by atoms with Gasteiger partial charge in [-0.2, -0.15) is 0 Å². The van der Waals surface area contributed by atoms with Crippen molar-refractivity contribution >= 4 is 44.4 Å². The molecule has 2 aromatic heterocycles. The Morgan fingerprint density at radius 1 is 0.878 bits per heavy atom. The maximum Gasteiger partial charge on any atom is 0.256 e. The molecule has 3 aliphatic rings. The fourth-order valence-electron chi connectivity index (χ4n) is 7.17. The molecule has 11 nitrogen and oxygen atoms in total. The Morgan fingerprint density at radius 2 is 1.63 bits per heavy atom. The summed E-state index contributed by atoms with van der Waals surface area (Å²) in [5.74, 6) is -0.408. The summed E-state index contributed by atoms with van der Waals surface area (Å²) in [6.07, 6.45) is 3.10. The van der Waals surface area contributed by atoms with Gasteiger partial charge in [-0.15, -0.1) is 0 Å². The summed E-state index contributed by atoms with van der Waals surface area (Å²) >= 11 is 0. The number of carbonyl (C=O) groups is 1. The molecule has 8 rings (SSSR count). The molecule has 12 heteroatoms. The highest BCUT2D eigenvalue weighted by molar-refractivity contribution is 6.07. The Bertz CT molecular complexity index is 2100. The highest BCUT2D eigenvalue weighted by atomic mass is 19.1. The van der Waals surface area contributed by atoms with Gasteiger partial charge in [-0.25, -0.2) is 4.39 Å². The smallest absolute Gasteiger partial charge is 0.256 e. The highest BCUT2D eigenvalue weighted by Gasteiger charge is 2.29. The first kappa shape index (κ1) is 31.8. The quantitative estimate of drug-likeness (QED) is 0.202. The van der Waals surface area contributed by atoms with Crippen molar-refractivity contribution in [1.82, 2.24) is 24.6 Å². The van der Waals surface area contributed by atoms with Crippen LogP contribution in [-0.4, -0.2) is 111 Å². The van der Waals surface area contributed by atoms with E-state index >= 15 is 4.39 Å². The Balaban J connectivity index is 1.13. The molecule has 3 aromatic carbocycles. The summed E-state index contributed by atoms with van der Waals surface area (Å²) in [5.41, 5.74) is 1.95. The van der Waals surface area contributed by atoms with E-state index in [9.17, 15) is 9.59 Å². The second-order valence-corrected chi connectivity index (χ2v) is 13.2. The molecule has 0 saturated carbocycles. The van der Waals surface area contributed by atoms with Crippen LogP contribution in [0.3, 0.4) is 0 Å². The zero-order valence-corrected chi connectivity index (χ0v) is 27.7. The van der Waals surface area contributed by atoms with E-state index in [-0.39, 0.29) is 22.4 Å². The summed E-state index contributed by atoms with van der Waals surface area (Å²) < 4.78 is 35.9.